The van der Waals surface area contributed by atoms with Crippen LogP contribution in [-0.2, 0) is 14.8 Å². The van der Waals surface area contributed by atoms with Gasteiger partial charge in [-0.15, -0.1) is 0 Å². The number of hydrogen-bond donors (Lipinski definition) is 0. The largest absolute Gasteiger partial charge is 0.496 e. The van der Waals surface area contributed by atoms with Crippen molar-refractivity contribution in [2.24, 2.45) is 0 Å². The van der Waals surface area contributed by atoms with E-state index in [-0.39, 0.29) is 41.3 Å². The third-order valence-electron chi connectivity index (χ3n) is 6.03. The summed E-state index contributed by atoms with van der Waals surface area (Å²) in [6.45, 7) is 6.24. The quantitative estimate of drug-likeness (QED) is 0.621. The summed E-state index contributed by atoms with van der Waals surface area (Å²) < 4.78 is 43.6. The van der Waals surface area contributed by atoms with Crippen LogP contribution in [0.1, 0.15) is 60.6 Å². The van der Waals surface area contributed by atoms with Crippen LogP contribution in [0.25, 0.3) is 0 Å². The fraction of sp³-hybridized carbons (Fsp3) is 0.591. The second-order valence-electron chi connectivity index (χ2n) is 8.61. The van der Waals surface area contributed by atoms with Gasteiger partial charge in [-0.1, -0.05) is 19.0 Å². The van der Waals surface area contributed by atoms with Gasteiger partial charge in [0.25, 0.3) is 5.91 Å². The van der Waals surface area contributed by atoms with Gasteiger partial charge in [0.05, 0.1) is 30.8 Å². The predicted octanol–water partition coefficient (Wildman–Crippen LogP) is 2.24. The molecule has 0 radical (unpaired) electrons. The SMILES string of the molecule is COc1ccc(S(=O)(=O)N2CCOCC2)cc1C(=O)N1CCC[C@@H](c2noc(C(C)C)n2)C1. The van der Waals surface area contributed by atoms with Crippen molar-refractivity contribution in [2.75, 3.05) is 46.5 Å². The number of carbonyl (C=O) groups is 1. The lowest BCUT2D eigenvalue weighted by molar-refractivity contribution is 0.0699. The standard InChI is InChI=1S/C22H30N4O6S/c1-15(2)21-23-20(24-32-21)16-5-4-8-25(14-16)22(27)18-13-17(6-7-19(18)30-3)33(28,29)26-9-11-31-12-10-26/h6-7,13,15-16H,4-5,8-12,14H2,1-3H3/t16-/m1/s1. The zero-order valence-electron chi connectivity index (χ0n) is 19.2. The maximum absolute atomic E-state index is 13.5. The van der Waals surface area contributed by atoms with Gasteiger partial charge < -0.3 is 18.9 Å². The maximum atomic E-state index is 13.5. The fourth-order valence-corrected chi connectivity index (χ4v) is 5.58. The molecule has 10 nitrogen and oxygen atoms in total. The van der Waals surface area contributed by atoms with Gasteiger partial charge in [0.1, 0.15) is 5.75 Å². The van der Waals surface area contributed by atoms with E-state index < -0.39 is 10.0 Å². The number of piperidine rings is 1. The van der Waals surface area contributed by atoms with Crippen LogP contribution in [0.2, 0.25) is 0 Å². The number of benzene rings is 1. The number of methoxy groups -OCH3 is 1. The Kier molecular flexibility index (Phi) is 7.01. The van der Waals surface area contributed by atoms with E-state index in [0.717, 1.165) is 12.8 Å². The Bertz CT molecular complexity index is 1090. The maximum Gasteiger partial charge on any atom is 0.257 e. The van der Waals surface area contributed by atoms with Crippen LogP contribution in [0.15, 0.2) is 27.6 Å². The normalized spacial score (nSPS) is 20.2. The van der Waals surface area contributed by atoms with Gasteiger partial charge >= 0.3 is 0 Å². The average Bonchev–Trinajstić information content (AvgIpc) is 3.35. The Morgan fingerprint density at radius 1 is 1.21 bits per heavy atom. The molecule has 0 spiro atoms. The van der Waals surface area contributed by atoms with Crippen LogP contribution in [0.3, 0.4) is 0 Å². The molecule has 0 aliphatic carbocycles. The summed E-state index contributed by atoms with van der Waals surface area (Å²) in [7, 11) is -2.27. The highest BCUT2D eigenvalue weighted by atomic mass is 32.2. The minimum Gasteiger partial charge on any atom is -0.496 e. The van der Waals surface area contributed by atoms with E-state index >= 15 is 0 Å². The van der Waals surface area contributed by atoms with E-state index in [9.17, 15) is 13.2 Å². The lowest BCUT2D eigenvalue weighted by Crippen LogP contribution is -2.41. The van der Waals surface area contributed by atoms with E-state index in [2.05, 4.69) is 10.1 Å². The molecule has 2 saturated heterocycles. The Labute approximate surface area is 193 Å². The molecular weight excluding hydrogens is 448 g/mol. The van der Waals surface area contributed by atoms with E-state index in [0.29, 0.717) is 43.8 Å². The Balaban J connectivity index is 1.58. The molecule has 2 aliphatic heterocycles. The number of sulfonamides is 1. The molecule has 2 fully saturated rings. The summed E-state index contributed by atoms with van der Waals surface area (Å²) in [5.74, 6) is 1.34. The fourth-order valence-electron chi connectivity index (χ4n) is 4.14. The first-order chi connectivity index (χ1) is 15.8. The van der Waals surface area contributed by atoms with Crippen molar-refractivity contribution in [3.05, 3.63) is 35.5 Å². The number of hydrogen-bond acceptors (Lipinski definition) is 8. The zero-order valence-corrected chi connectivity index (χ0v) is 20.0. The number of rotatable bonds is 6. The second kappa shape index (κ2) is 9.78. The van der Waals surface area contributed by atoms with Crippen molar-refractivity contribution in [3.8, 4) is 5.75 Å². The minimum atomic E-state index is -3.74. The van der Waals surface area contributed by atoms with Crippen LogP contribution < -0.4 is 4.74 Å². The summed E-state index contributed by atoms with van der Waals surface area (Å²) in [6.07, 6.45) is 1.64. The minimum absolute atomic E-state index is 0.0368. The average molecular weight is 479 g/mol. The van der Waals surface area contributed by atoms with Gasteiger partial charge in [0.2, 0.25) is 15.9 Å². The van der Waals surface area contributed by atoms with Gasteiger partial charge in [0, 0.05) is 38.0 Å². The molecule has 11 heteroatoms. The molecule has 3 heterocycles. The monoisotopic (exact) mass is 478 g/mol. The van der Waals surface area contributed by atoms with Gasteiger partial charge in [0.15, 0.2) is 5.82 Å². The molecule has 0 unspecified atom stereocenters. The van der Waals surface area contributed by atoms with Crippen LogP contribution in [-0.4, -0.2) is 80.2 Å². The van der Waals surface area contributed by atoms with E-state index in [1.54, 1.807) is 4.90 Å². The highest BCUT2D eigenvalue weighted by Gasteiger charge is 2.32. The van der Waals surface area contributed by atoms with E-state index in [4.69, 9.17) is 14.0 Å². The predicted molar refractivity (Wildman–Crippen MR) is 119 cm³/mol. The summed E-state index contributed by atoms with van der Waals surface area (Å²) in [5, 5.41) is 4.12. The van der Waals surface area contributed by atoms with Crippen LogP contribution in [0, 0.1) is 0 Å². The number of morpholine rings is 1. The van der Waals surface area contributed by atoms with Crippen LogP contribution in [0.4, 0.5) is 0 Å². The molecule has 4 rings (SSSR count). The second-order valence-corrected chi connectivity index (χ2v) is 10.6. The Morgan fingerprint density at radius 2 is 1.97 bits per heavy atom. The van der Waals surface area contributed by atoms with Gasteiger partial charge in [-0.25, -0.2) is 8.42 Å². The van der Waals surface area contributed by atoms with Crippen molar-refractivity contribution in [2.45, 2.75) is 43.4 Å². The topological polar surface area (TPSA) is 115 Å². The summed E-state index contributed by atoms with van der Waals surface area (Å²) in [4.78, 5) is 19.8. The number of ether oxygens (including phenoxy) is 2. The van der Waals surface area contributed by atoms with Gasteiger partial charge in [-0.3, -0.25) is 4.79 Å². The van der Waals surface area contributed by atoms with E-state index in [1.807, 2.05) is 13.8 Å². The third kappa shape index (κ3) is 4.90. The lowest BCUT2D eigenvalue weighted by atomic mass is 9.96. The molecule has 2 aromatic rings. The molecular formula is C22H30N4O6S. The number of nitrogens with zero attached hydrogens (tertiary/aromatic N) is 4. The first kappa shape index (κ1) is 23.7. The molecule has 1 atom stereocenters. The Morgan fingerprint density at radius 3 is 2.64 bits per heavy atom. The molecule has 0 bridgehead atoms. The van der Waals surface area contributed by atoms with Gasteiger partial charge in [-0.05, 0) is 31.0 Å². The molecule has 1 aromatic carbocycles. The third-order valence-corrected chi connectivity index (χ3v) is 7.93. The number of aromatic nitrogens is 2. The molecule has 33 heavy (non-hydrogen) atoms. The lowest BCUT2D eigenvalue weighted by Gasteiger charge is -2.32. The molecule has 0 N–H and O–H groups in total. The number of amides is 1. The first-order valence-electron chi connectivity index (χ1n) is 11.2. The van der Waals surface area contributed by atoms with Crippen LogP contribution in [0.5, 0.6) is 5.75 Å². The molecule has 0 saturated carbocycles. The molecule has 180 valence electrons. The number of carbonyl (C=O) groups excluding carboxylic acids is 1. The summed E-state index contributed by atoms with van der Waals surface area (Å²) >= 11 is 0. The highest BCUT2D eigenvalue weighted by Crippen LogP contribution is 2.30. The summed E-state index contributed by atoms with van der Waals surface area (Å²) in [5.41, 5.74) is 0.225. The van der Waals surface area contributed by atoms with Crippen molar-refractivity contribution in [1.29, 1.82) is 0 Å². The summed E-state index contributed by atoms with van der Waals surface area (Å²) in [6, 6.07) is 4.43. The molecule has 1 aromatic heterocycles. The zero-order chi connectivity index (χ0) is 23.6. The van der Waals surface area contributed by atoms with Crippen molar-refractivity contribution in [3.63, 3.8) is 0 Å². The van der Waals surface area contributed by atoms with Gasteiger partial charge in [-0.2, -0.15) is 9.29 Å². The molecule has 1 amide bonds. The molecule has 2 aliphatic rings. The smallest absolute Gasteiger partial charge is 0.257 e. The van der Waals surface area contributed by atoms with Crippen molar-refractivity contribution < 1.29 is 27.2 Å². The van der Waals surface area contributed by atoms with E-state index in [1.165, 1.54) is 29.6 Å². The van der Waals surface area contributed by atoms with Crippen LogP contribution >= 0.6 is 0 Å². The highest BCUT2D eigenvalue weighted by molar-refractivity contribution is 7.89. The number of likely N-dealkylation sites (tertiary alicyclic amines) is 1. The Hall–Kier alpha value is -2.50. The first-order valence-corrected chi connectivity index (χ1v) is 12.6. The van der Waals surface area contributed by atoms with Crippen molar-refractivity contribution >= 4 is 15.9 Å². The van der Waals surface area contributed by atoms with Crippen molar-refractivity contribution in [1.82, 2.24) is 19.3 Å².